The summed E-state index contributed by atoms with van der Waals surface area (Å²) < 4.78 is 27.2. The van der Waals surface area contributed by atoms with Crippen molar-refractivity contribution >= 4 is 18.3 Å². The highest BCUT2D eigenvalue weighted by Crippen LogP contribution is 2.24. The van der Waals surface area contributed by atoms with Crippen molar-refractivity contribution < 1.29 is 13.6 Å². The van der Waals surface area contributed by atoms with Crippen molar-refractivity contribution in [3.63, 3.8) is 0 Å². The first kappa shape index (κ1) is 17.3. The molecule has 4 nitrogen and oxygen atoms in total. The Labute approximate surface area is 138 Å². The topological polar surface area (TPSA) is 45.2 Å². The summed E-state index contributed by atoms with van der Waals surface area (Å²) in [6.07, 6.45) is 3.33. The maximum Gasteiger partial charge on any atom is 0.257 e. The summed E-state index contributed by atoms with van der Waals surface area (Å²) in [4.78, 5) is 18.2. The molecule has 1 aromatic heterocycles. The van der Waals surface area contributed by atoms with Crippen LogP contribution in [-0.4, -0.2) is 35.4 Å². The van der Waals surface area contributed by atoms with Crippen LogP contribution in [0.2, 0.25) is 0 Å². The van der Waals surface area contributed by atoms with Gasteiger partial charge in [0.2, 0.25) is 0 Å². The van der Waals surface area contributed by atoms with Crippen LogP contribution in [0.3, 0.4) is 0 Å². The molecule has 1 amide bonds. The lowest BCUT2D eigenvalue weighted by atomic mass is 10.0. The molecule has 0 bridgehead atoms. The summed E-state index contributed by atoms with van der Waals surface area (Å²) in [5, 5.41) is 3.21. The zero-order valence-electron chi connectivity index (χ0n) is 12.2. The molecule has 1 saturated heterocycles. The molecule has 0 radical (unpaired) electrons. The van der Waals surface area contributed by atoms with Crippen molar-refractivity contribution in [2.24, 2.45) is 0 Å². The highest BCUT2D eigenvalue weighted by atomic mass is 35.5. The van der Waals surface area contributed by atoms with Gasteiger partial charge in [0, 0.05) is 32.0 Å². The van der Waals surface area contributed by atoms with E-state index in [1.54, 1.807) is 23.4 Å². The number of benzene rings is 1. The van der Waals surface area contributed by atoms with Crippen LogP contribution < -0.4 is 5.32 Å². The van der Waals surface area contributed by atoms with Crippen molar-refractivity contribution in [2.45, 2.75) is 6.04 Å². The van der Waals surface area contributed by atoms with Gasteiger partial charge < -0.3 is 10.2 Å². The minimum absolute atomic E-state index is 0. The zero-order valence-corrected chi connectivity index (χ0v) is 13.0. The molecule has 2 aromatic rings. The van der Waals surface area contributed by atoms with Crippen LogP contribution in [0, 0.1) is 11.6 Å². The van der Waals surface area contributed by atoms with E-state index < -0.39 is 17.5 Å². The summed E-state index contributed by atoms with van der Waals surface area (Å²) in [7, 11) is 0. The first-order valence-corrected chi connectivity index (χ1v) is 7.04. The second kappa shape index (κ2) is 7.48. The van der Waals surface area contributed by atoms with Gasteiger partial charge in [0.25, 0.3) is 5.91 Å². The third-order valence-electron chi connectivity index (χ3n) is 3.76. The summed E-state index contributed by atoms with van der Waals surface area (Å²) >= 11 is 0. The Bertz CT molecular complexity index is 684. The number of hydrogen-bond donors (Lipinski definition) is 1. The van der Waals surface area contributed by atoms with E-state index in [4.69, 9.17) is 0 Å². The van der Waals surface area contributed by atoms with Gasteiger partial charge in [-0.2, -0.15) is 0 Å². The number of rotatable bonds is 2. The van der Waals surface area contributed by atoms with Gasteiger partial charge in [0.1, 0.15) is 0 Å². The molecule has 122 valence electrons. The third kappa shape index (κ3) is 3.48. The number of nitrogens with zero attached hydrogens (tertiary/aromatic N) is 2. The van der Waals surface area contributed by atoms with Gasteiger partial charge in [-0.25, -0.2) is 8.78 Å². The molecule has 1 atom stereocenters. The van der Waals surface area contributed by atoms with E-state index in [1.807, 2.05) is 6.07 Å². The van der Waals surface area contributed by atoms with Crippen LogP contribution in [-0.2, 0) is 0 Å². The Morgan fingerprint density at radius 3 is 2.83 bits per heavy atom. The van der Waals surface area contributed by atoms with Crippen LogP contribution in [0.1, 0.15) is 22.0 Å². The maximum atomic E-state index is 13.9. The van der Waals surface area contributed by atoms with E-state index in [9.17, 15) is 13.6 Å². The fourth-order valence-corrected chi connectivity index (χ4v) is 2.64. The standard InChI is InChI=1S/C16H15F2N3O.ClH/c17-13-5-1-4-12(15(13)18)16(22)21-8-7-20-10-14(21)11-3-2-6-19-9-11;/h1-6,9,14,20H,7-8,10H2;1H. The fourth-order valence-electron chi connectivity index (χ4n) is 2.64. The van der Waals surface area contributed by atoms with Crippen LogP contribution in [0.5, 0.6) is 0 Å². The van der Waals surface area contributed by atoms with Crippen molar-refractivity contribution in [1.82, 2.24) is 15.2 Å². The Morgan fingerprint density at radius 1 is 1.26 bits per heavy atom. The number of aromatic nitrogens is 1. The first-order valence-electron chi connectivity index (χ1n) is 7.04. The lowest BCUT2D eigenvalue weighted by Gasteiger charge is -2.36. The van der Waals surface area contributed by atoms with E-state index >= 15 is 0 Å². The number of halogens is 3. The van der Waals surface area contributed by atoms with E-state index in [2.05, 4.69) is 10.3 Å². The second-order valence-corrected chi connectivity index (χ2v) is 5.11. The molecule has 23 heavy (non-hydrogen) atoms. The van der Waals surface area contributed by atoms with E-state index in [0.29, 0.717) is 19.6 Å². The maximum absolute atomic E-state index is 13.9. The Kier molecular flexibility index (Phi) is 5.63. The number of carbonyl (C=O) groups is 1. The molecule has 0 spiro atoms. The molecule has 0 saturated carbocycles. The molecule has 1 aliphatic heterocycles. The summed E-state index contributed by atoms with van der Waals surface area (Å²) in [5.41, 5.74) is 0.621. The fraction of sp³-hybridized carbons (Fsp3) is 0.250. The lowest BCUT2D eigenvalue weighted by molar-refractivity contribution is 0.0628. The van der Waals surface area contributed by atoms with Crippen LogP contribution in [0.25, 0.3) is 0 Å². The highest BCUT2D eigenvalue weighted by molar-refractivity contribution is 5.95. The molecule has 1 aliphatic rings. The Morgan fingerprint density at radius 2 is 2.09 bits per heavy atom. The molecular weight excluding hydrogens is 324 g/mol. The average molecular weight is 340 g/mol. The van der Waals surface area contributed by atoms with Gasteiger partial charge in [0.05, 0.1) is 11.6 Å². The summed E-state index contributed by atoms with van der Waals surface area (Å²) in [6, 6.07) is 7.05. The largest absolute Gasteiger partial charge is 0.329 e. The van der Waals surface area contributed by atoms with E-state index in [-0.39, 0.29) is 24.0 Å². The predicted octanol–water partition coefficient (Wildman–Crippen LogP) is 2.57. The third-order valence-corrected chi connectivity index (χ3v) is 3.76. The average Bonchev–Trinajstić information content (AvgIpc) is 2.57. The minimum Gasteiger partial charge on any atom is -0.329 e. The molecule has 1 N–H and O–H groups in total. The lowest BCUT2D eigenvalue weighted by Crippen LogP contribution is -2.49. The molecule has 1 aromatic carbocycles. The summed E-state index contributed by atoms with van der Waals surface area (Å²) in [5.74, 6) is -2.62. The minimum atomic E-state index is -1.10. The molecule has 7 heteroatoms. The Hall–Kier alpha value is -2.05. The molecule has 0 aliphatic carbocycles. The van der Waals surface area contributed by atoms with Gasteiger partial charge in [0.15, 0.2) is 11.6 Å². The van der Waals surface area contributed by atoms with Crippen LogP contribution in [0.4, 0.5) is 8.78 Å². The van der Waals surface area contributed by atoms with Crippen LogP contribution >= 0.6 is 12.4 Å². The quantitative estimate of drug-likeness (QED) is 0.914. The monoisotopic (exact) mass is 339 g/mol. The molecule has 2 heterocycles. The molecule has 3 rings (SSSR count). The van der Waals surface area contributed by atoms with Gasteiger partial charge in [-0.05, 0) is 23.8 Å². The van der Waals surface area contributed by atoms with Gasteiger partial charge >= 0.3 is 0 Å². The number of pyridine rings is 1. The van der Waals surface area contributed by atoms with E-state index in [1.165, 1.54) is 12.1 Å². The van der Waals surface area contributed by atoms with Crippen molar-refractivity contribution in [2.75, 3.05) is 19.6 Å². The van der Waals surface area contributed by atoms with Crippen molar-refractivity contribution in [3.8, 4) is 0 Å². The van der Waals surface area contributed by atoms with E-state index in [0.717, 1.165) is 11.6 Å². The normalized spacial score (nSPS) is 17.5. The van der Waals surface area contributed by atoms with Crippen molar-refractivity contribution in [1.29, 1.82) is 0 Å². The summed E-state index contributed by atoms with van der Waals surface area (Å²) in [6.45, 7) is 1.59. The highest BCUT2D eigenvalue weighted by Gasteiger charge is 2.30. The number of piperazine rings is 1. The first-order chi connectivity index (χ1) is 10.7. The second-order valence-electron chi connectivity index (χ2n) is 5.11. The SMILES string of the molecule is Cl.O=C(c1cccc(F)c1F)N1CCNCC1c1cccnc1. The van der Waals surface area contributed by atoms with Crippen LogP contribution in [0.15, 0.2) is 42.7 Å². The number of amides is 1. The Balaban J connectivity index is 0.00000192. The van der Waals surface area contributed by atoms with Crippen molar-refractivity contribution in [3.05, 3.63) is 65.5 Å². The zero-order chi connectivity index (χ0) is 15.5. The molecule has 1 fully saturated rings. The number of nitrogens with one attached hydrogen (secondary N) is 1. The number of carbonyl (C=O) groups excluding carboxylic acids is 1. The smallest absolute Gasteiger partial charge is 0.257 e. The predicted molar refractivity (Wildman–Crippen MR) is 84.5 cm³/mol. The van der Waals surface area contributed by atoms with Gasteiger partial charge in [-0.1, -0.05) is 12.1 Å². The molecule has 1 unspecified atom stereocenters. The molecular formula is C16H16ClF2N3O. The van der Waals surface area contributed by atoms with Gasteiger partial charge in [-0.3, -0.25) is 9.78 Å². The van der Waals surface area contributed by atoms with Gasteiger partial charge in [-0.15, -0.1) is 12.4 Å². The number of hydrogen-bond acceptors (Lipinski definition) is 3.